The van der Waals surface area contributed by atoms with Crippen LogP contribution in [-0.4, -0.2) is 19.7 Å². The van der Waals surface area contributed by atoms with Gasteiger partial charge in [-0.25, -0.2) is 0 Å². The van der Waals surface area contributed by atoms with Gasteiger partial charge in [0.15, 0.2) is 0 Å². The highest BCUT2D eigenvalue weighted by Gasteiger charge is 2.23. The van der Waals surface area contributed by atoms with Crippen LogP contribution in [0, 0.1) is 0 Å². The van der Waals surface area contributed by atoms with Gasteiger partial charge in [-0.3, -0.25) is 0 Å². The summed E-state index contributed by atoms with van der Waals surface area (Å²) in [7, 11) is 1.77. The molecule has 1 heterocycles. The number of nitrogens with one attached hydrogen (secondary N) is 1. The molecular formula is C17H23NO2. The van der Waals surface area contributed by atoms with E-state index in [1.165, 1.54) is 11.1 Å². The fourth-order valence-electron chi connectivity index (χ4n) is 2.45. The number of hydrogen-bond acceptors (Lipinski definition) is 3. The smallest absolute Gasteiger partial charge is 0.0977 e. The summed E-state index contributed by atoms with van der Waals surface area (Å²) in [6.07, 6.45) is 5.56. The van der Waals surface area contributed by atoms with E-state index in [1.807, 2.05) is 12.1 Å². The lowest BCUT2D eigenvalue weighted by atomic mass is 9.97. The second kappa shape index (κ2) is 7.88. The molecule has 0 saturated carbocycles. The number of benzene rings is 1. The number of hydrogen-bond donors (Lipinski definition) is 1. The van der Waals surface area contributed by atoms with E-state index in [0.717, 1.165) is 19.4 Å². The van der Waals surface area contributed by atoms with Gasteiger partial charge < -0.3 is 14.5 Å². The van der Waals surface area contributed by atoms with Crippen LogP contribution in [-0.2, 0) is 11.2 Å². The van der Waals surface area contributed by atoms with Crippen molar-refractivity contribution >= 4 is 0 Å². The zero-order valence-electron chi connectivity index (χ0n) is 12.2. The van der Waals surface area contributed by atoms with Gasteiger partial charge in [0.2, 0.25) is 0 Å². The molecule has 3 heteroatoms. The topological polar surface area (TPSA) is 34.4 Å². The maximum Gasteiger partial charge on any atom is 0.0977 e. The quantitative estimate of drug-likeness (QED) is 0.798. The number of ether oxygens (including phenoxy) is 1. The van der Waals surface area contributed by atoms with Crippen LogP contribution in [0.4, 0.5) is 0 Å². The third-order valence-corrected chi connectivity index (χ3v) is 3.44. The van der Waals surface area contributed by atoms with Crippen molar-refractivity contribution in [3.05, 3.63) is 60.1 Å². The van der Waals surface area contributed by atoms with Gasteiger partial charge in [0.05, 0.1) is 18.6 Å². The van der Waals surface area contributed by atoms with Gasteiger partial charge in [-0.05, 0) is 36.6 Å². The van der Waals surface area contributed by atoms with Crippen molar-refractivity contribution in [3.8, 4) is 0 Å². The second-order valence-corrected chi connectivity index (χ2v) is 4.96. The average molecular weight is 273 g/mol. The Morgan fingerprint density at radius 1 is 1.20 bits per heavy atom. The third-order valence-electron chi connectivity index (χ3n) is 3.44. The Kier molecular flexibility index (Phi) is 5.84. The molecule has 0 bridgehead atoms. The van der Waals surface area contributed by atoms with E-state index in [9.17, 15) is 0 Å². The molecular weight excluding hydrogens is 250 g/mol. The maximum absolute atomic E-state index is 5.75. The molecule has 0 aliphatic heterocycles. The Labute approximate surface area is 121 Å². The molecule has 2 rings (SSSR count). The zero-order valence-corrected chi connectivity index (χ0v) is 12.2. The molecule has 0 saturated heterocycles. The second-order valence-electron chi connectivity index (χ2n) is 4.96. The van der Waals surface area contributed by atoms with Gasteiger partial charge in [-0.15, -0.1) is 0 Å². The summed E-state index contributed by atoms with van der Waals surface area (Å²) in [5.41, 5.74) is 2.39. The first-order valence-corrected chi connectivity index (χ1v) is 7.17. The van der Waals surface area contributed by atoms with Crippen molar-refractivity contribution in [3.63, 3.8) is 0 Å². The minimum atomic E-state index is 0.0395. The van der Waals surface area contributed by atoms with Crippen LogP contribution in [0.15, 0.2) is 53.3 Å². The van der Waals surface area contributed by atoms with Crippen LogP contribution in [0.25, 0.3) is 0 Å². The Bertz CT molecular complexity index is 467. The molecule has 0 aliphatic rings. The van der Waals surface area contributed by atoms with Crippen LogP contribution in [0.2, 0.25) is 0 Å². The molecule has 20 heavy (non-hydrogen) atoms. The van der Waals surface area contributed by atoms with Gasteiger partial charge in [0.25, 0.3) is 0 Å². The van der Waals surface area contributed by atoms with Gasteiger partial charge in [0.1, 0.15) is 0 Å². The summed E-state index contributed by atoms with van der Waals surface area (Å²) < 4.78 is 10.9. The lowest BCUT2D eigenvalue weighted by Crippen LogP contribution is -2.38. The highest BCUT2D eigenvalue weighted by molar-refractivity contribution is 5.20. The van der Waals surface area contributed by atoms with Gasteiger partial charge in [-0.1, -0.05) is 37.3 Å². The molecule has 1 aromatic heterocycles. The Morgan fingerprint density at radius 2 is 2.00 bits per heavy atom. The summed E-state index contributed by atoms with van der Waals surface area (Å²) in [5.74, 6) is 0. The first kappa shape index (κ1) is 14.8. The van der Waals surface area contributed by atoms with Crippen molar-refractivity contribution in [2.75, 3.05) is 13.7 Å². The monoisotopic (exact) mass is 273 g/mol. The van der Waals surface area contributed by atoms with E-state index in [1.54, 1.807) is 19.6 Å². The van der Waals surface area contributed by atoms with Crippen LogP contribution in [0.1, 0.15) is 30.6 Å². The van der Waals surface area contributed by atoms with E-state index >= 15 is 0 Å². The molecule has 2 aromatic rings. The largest absolute Gasteiger partial charge is 0.472 e. The Morgan fingerprint density at radius 3 is 2.60 bits per heavy atom. The van der Waals surface area contributed by atoms with Gasteiger partial charge >= 0.3 is 0 Å². The molecule has 0 spiro atoms. The van der Waals surface area contributed by atoms with E-state index in [-0.39, 0.29) is 12.1 Å². The highest BCUT2D eigenvalue weighted by Crippen LogP contribution is 2.23. The molecule has 0 fully saturated rings. The third kappa shape index (κ3) is 3.95. The summed E-state index contributed by atoms with van der Waals surface area (Å²) in [6.45, 7) is 3.15. The van der Waals surface area contributed by atoms with Crippen molar-refractivity contribution in [2.24, 2.45) is 0 Å². The molecule has 108 valence electrons. The van der Waals surface area contributed by atoms with Crippen molar-refractivity contribution in [1.29, 1.82) is 0 Å². The zero-order chi connectivity index (χ0) is 14.2. The predicted octanol–water partition coefficient (Wildman–Crippen LogP) is 3.58. The van der Waals surface area contributed by atoms with Crippen molar-refractivity contribution in [1.82, 2.24) is 5.32 Å². The highest BCUT2D eigenvalue weighted by atomic mass is 16.5. The Balaban J connectivity index is 2.14. The van der Waals surface area contributed by atoms with E-state index in [0.29, 0.717) is 0 Å². The average Bonchev–Trinajstić information content (AvgIpc) is 2.99. The minimum Gasteiger partial charge on any atom is -0.472 e. The molecule has 1 N–H and O–H groups in total. The SMILES string of the molecule is CCCNC(Cc1ccoc1)C(OC)c1ccccc1. The molecule has 2 atom stereocenters. The molecule has 0 aliphatic carbocycles. The lowest BCUT2D eigenvalue weighted by Gasteiger charge is -2.27. The molecule has 0 amide bonds. The summed E-state index contributed by atoms with van der Waals surface area (Å²) >= 11 is 0. The van der Waals surface area contributed by atoms with E-state index < -0.39 is 0 Å². The molecule has 0 radical (unpaired) electrons. The fourth-order valence-corrected chi connectivity index (χ4v) is 2.45. The molecule has 1 aromatic carbocycles. The number of methoxy groups -OCH3 is 1. The summed E-state index contributed by atoms with van der Waals surface area (Å²) in [6, 6.07) is 12.6. The van der Waals surface area contributed by atoms with E-state index in [4.69, 9.17) is 9.15 Å². The molecule has 3 nitrogen and oxygen atoms in total. The van der Waals surface area contributed by atoms with Gasteiger partial charge in [-0.2, -0.15) is 0 Å². The van der Waals surface area contributed by atoms with Crippen LogP contribution >= 0.6 is 0 Å². The first-order chi connectivity index (χ1) is 9.85. The van der Waals surface area contributed by atoms with Crippen LogP contribution in [0.5, 0.6) is 0 Å². The van der Waals surface area contributed by atoms with Crippen LogP contribution < -0.4 is 5.32 Å². The Hall–Kier alpha value is -1.58. The predicted molar refractivity (Wildman–Crippen MR) is 80.7 cm³/mol. The lowest BCUT2D eigenvalue weighted by molar-refractivity contribution is 0.0678. The maximum atomic E-state index is 5.75. The van der Waals surface area contributed by atoms with E-state index in [2.05, 4.69) is 36.5 Å². The number of furan rings is 1. The normalized spacial score (nSPS) is 14.1. The van der Waals surface area contributed by atoms with Crippen molar-refractivity contribution < 1.29 is 9.15 Å². The van der Waals surface area contributed by atoms with Crippen LogP contribution in [0.3, 0.4) is 0 Å². The fraction of sp³-hybridized carbons (Fsp3) is 0.412. The summed E-state index contributed by atoms with van der Waals surface area (Å²) in [5, 5.41) is 3.59. The molecule has 2 unspecified atom stereocenters. The minimum absolute atomic E-state index is 0.0395. The summed E-state index contributed by atoms with van der Waals surface area (Å²) in [4.78, 5) is 0. The first-order valence-electron chi connectivity index (χ1n) is 7.17. The van der Waals surface area contributed by atoms with Gasteiger partial charge in [0, 0.05) is 13.2 Å². The standard InChI is InChI=1S/C17H23NO2/c1-3-10-18-16(12-14-9-11-20-13-14)17(19-2)15-7-5-4-6-8-15/h4-9,11,13,16-18H,3,10,12H2,1-2H3. The number of rotatable bonds is 8. The van der Waals surface area contributed by atoms with Crippen molar-refractivity contribution in [2.45, 2.75) is 31.9 Å².